The van der Waals surface area contributed by atoms with Crippen molar-refractivity contribution >= 4 is 60.8 Å². The Kier molecular flexibility index (Phi) is 7.00. The molecular weight excluding hydrogens is 653 g/mol. The molecule has 0 amide bonds. The molecule has 2 heteroatoms. The summed E-state index contributed by atoms with van der Waals surface area (Å²) in [6.45, 7) is 18.7. The summed E-state index contributed by atoms with van der Waals surface area (Å²) in [7, 11) is 0. The van der Waals surface area contributed by atoms with Gasteiger partial charge in [-0.05, 0) is 149 Å². The maximum atomic E-state index is 3.88. The second-order valence-electron chi connectivity index (χ2n) is 17.4. The average Bonchev–Trinajstić information content (AvgIpc) is 3.39. The van der Waals surface area contributed by atoms with Gasteiger partial charge in [0.15, 0.2) is 0 Å². The van der Waals surface area contributed by atoms with Gasteiger partial charge in [-0.15, -0.1) is 0 Å². The van der Waals surface area contributed by atoms with Crippen molar-refractivity contribution in [3.05, 3.63) is 160 Å². The first-order valence-corrected chi connectivity index (χ1v) is 19.7. The topological polar surface area (TPSA) is 15.3 Å². The van der Waals surface area contributed by atoms with Crippen molar-refractivity contribution in [2.75, 3.05) is 10.2 Å². The zero-order valence-electron chi connectivity index (χ0n) is 32.8. The number of nitrogens with zero attached hydrogens (tertiary/aromatic N) is 1. The van der Waals surface area contributed by atoms with Gasteiger partial charge < -0.3 is 10.2 Å². The molecule has 2 aliphatic rings. The molecule has 0 bridgehead atoms. The Morgan fingerprint density at radius 1 is 0.537 bits per heavy atom. The molecule has 8 aromatic rings. The number of rotatable bonds is 5. The first kappa shape index (κ1) is 33.0. The normalized spacial score (nSPS) is 15.2. The van der Waals surface area contributed by atoms with Crippen molar-refractivity contribution in [2.45, 2.75) is 79.1 Å². The molecule has 0 saturated heterocycles. The van der Waals surface area contributed by atoms with Crippen LogP contribution in [0.4, 0.5) is 28.4 Å². The van der Waals surface area contributed by atoms with Crippen LogP contribution in [0.1, 0.15) is 78.6 Å². The summed E-state index contributed by atoms with van der Waals surface area (Å²) in [6.07, 6.45) is 2.19. The fourth-order valence-electron chi connectivity index (χ4n) is 10.2. The van der Waals surface area contributed by atoms with Crippen LogP contribution >= 0.6 is 0 Å². The van der Waals surface area contributed by atoms with E-state index in [1.807, 2.05) is 0 Å². The number of anilines is 5. The van der Waals surface area contributed by atoms with Gasteiger partial charge in [-0.25, -0.2) is 0 Å². The summed E-state index contributed by atoms with van der Waals surface area (Å²) in [6, 6.07) is 44.0. The van der Waals surface area contributed by atoms with Crippen LogP contribution in [0.3, 0.4) is 0 Å². The lowest BCUT2D eigenvalue weighted by molar-refractivity contribution is 0.475. The Labute approximate surface area is 319 Å². The molecule has 8 aromatic carbocycles. The van der Waals surface area contributed by atoms with Crippen LogP contribution in [0, 0.1) is 27.7 Å². The number of hydrogen-bond donors (Lipinski definition) is 1. The summed E-state index contributed by atoms with van der Waals surface area (Å²) in [5.74, 6) is 0. The third kappa shape index (κ3) is 4.65. The van der Waals surface area contributed by atoms with E-state index in [0.29, 0.717) is 0 Å². The number of hydrogen-bond acceptors (Lipinski definition) is 2. The third-order valence-corrected chi connectivity index (χ3v) is 13.0. The molecule has 0 aromatic heterocycles. The molecule has 0 unspecified atom stereocenters. The predicted octanol–water partition coefficient (Wildman–Crippen LogP) is 14.6. The molecule has 0 heterocycles. The minimum Gasteiger partial charge on any atom is -0.355 e. The van der Waals surface area contributed by atoms with E-state index < -0.39 is 0 Å². The van der Waals surface area contributed by atoms with Crippen LogP contribution in [0.2, 0.25) is 0 Å². The SMILES string of the molecule is Cc1ccc(Nc2cc3c4c(cc5c(N(c6ccc(C)cc6C)c6cccc7c6C(C)(C)c6ccccc6-7)cc(C)c6ccc2c4c65)C(C)(C)CC3)cc1. The molecule has 0 aliphatic heterocycles. The van der Waals surface area contributed by atoms with E-state index in [1.165, 1.54) is 111 Å². The molecule has 0 saturated carbocycles. The number of nitrogens with one attached hydrogen (secondary N) is 1. The molecule has 54 heavy (non-hydrogen) atoms. The standard InChI is InChI=1S/C52H48N2/c1-30-16-19-35(20-17-30)53-43-28-34-24-25-51(5,6)42-29-40-46(27-32(3)36-21-22-39(43)49(47(34)42)48(36)40)54(44-23-18-31(2)26-33(44)4)45-15-11-13-38-37-12-9-10-14-41(37)52(7,8)50(38)45/h9-23,26-29,53H,24-25H2,1-8H3. The van der Waals surface area contributed by atoms with Crippen molar-refractivity contribution in [2.24, 2.45) is 0 Å². The average molecular weight is 701 g/mol. The van der Waals surface area contributed by atoms with Gasteiger partial charge in [-0.2, -0.15) is 0 Å². The third-order valence-electron chi connectivity index (χ3n) is 13.0. The Hall–Kier alpha value is -5.60. The van der Waals surface area contributed by atoms with Crippen molar-refractivity contribution < 1.29 is 0 Å². The molecule has 10 rings (SSSR count). The van der Waals surface area contributed by atoms with Gasteiger partial charge in [0.2, 0.25) is 0 Å². The van der Waals surface area contributed by atoms with Crippen LogP contribution in [-0.4, -0.2) is 0 Å². The molecule has 2 nitrogen and oxygen atoms in total. The number of fused-ring (bicyclic) bond motifs is 3. The largest absolute Gasteiger partial charge is 0.355 e. The Balaban J connectivity index is 1.33. The highest BCUT2D eigenvalue weighted by Crippen LogP contribution is 2.57. The second kappa shape index (κ2) is 11.5. The fraction of sp³-hybridized carbons (Fsp3) is 0.231. The van der Waals surface area contributed by atoms with Gasteiger partial charge in [0.1, 0.15) is 0 Å². The van der Waals surface area contributed by atoms with Gasteiger partial charge in [0, 0.05) is 38.6 Å². The molecule has 1 N–H and O–H groups in total. The zero-order chi connectivity index (χ0) is 37.3. The minimum absolute atomic E-state index is 0.0378. The quantitative estimate of drug-likeness (QED) is 0.180. The number of aryl methyl sites for hydroxylation is 5. The van der Waals surface area contributed by atoms with E-state index >= 15 is 0 Å². The molecule has 0 radical (unpaired) electrons. The van der Waals surface area contributed by atoms with Crippen molar-refractivity contribution in [3.8, 4) is 11.1 Å². The summed E-state index contributed by atoms with van der Waals surface area (Å²) in [5, 5.41) is 12.1. The van der Waals surface area contributed by atoms with E-state index in [2.05, 4.69) is 181 Å². The lowest BCUT2D eigenvalue weighted by Crippen LogP contribution is -2.24. The van der Waals surface area contributed by atoms with E-state index in [4.69, 9.17) is 0 Å². The molecular formula is C52H48N2. The Morgan fingerprint density at radius 3 is 2.07 bits per heavy atom. The number of benzene rings is 8. The summed E-state index contributed by atoms with van der Waals surface area (Å²) < 4.78 is 0. The summed E-state index contributed by atoms with van der Waals surface area (Å²) in [4.78, 5) is 2.62. The highest BCUT2D eigenvalue weighted by molar-refractivity contribution is 6.30. The van der Waals surface area contributed by atoms with Crippen LogP contribution < -0.4 is 10.2 Å². The van der Waals surface area contributed by atoms with E-state index in [-0.39, 0.29) is 10.8 Å². The summed E-state index contributed by atoms with van der Waals surface area (Å²) in [5.41, 5.74) is 19.4. The first-order valence-electron chi connectivity index (χ1n) is 19.7. The minimum atomic E-state index is -0.169. The molecule has 2 aliphatic carbocycles. The van der Waals surface area contributed by atoms with Crippen molar-refractivity contribution in [3.63, 3.8) is 0 Å². The van der Waals surface area contributed by atoms with Gasteiger partial charge in [0.05, 0.1) is 11.4 Å². The predicted molar refractivity (Wildman–Crippen MR) is 232 cm³/mol. The van der Waals surface area contributed by atoms with Gasteiger partial charge in [-0.3, -0.25) is 0 Å². The van der Waals surface area contributed by atoms with E-state index in [9.17, 15) is 0 Å². The lowest BCUT2D eigenvalue weighted by atomic mass is 9.70. The molecule has 0 spiro atoms. The smallest absolute Gasteiger partial charge is 0.0543 e. The van der Waals surface area contributed by atoms with E-state index in [1.54, 1.807) is 0 Å². The van der Waals surface area contributed by atoms with Gasteiger partial charge >= 0.3 is 0 Å². The van der Waals surface area contributed by atoms with Crippen molar-refractivity contribution in [1.29, 1.82) is 0 Å². The lowest BCUT2D eigenvalue weighted by Gasteiger charge is -2.37. The maximum Gasteiger partial charge on any atom is 0.0543 e. The van der Waals surface area contributed by atoms with Gasteiger partial charge in [0.25, 0.3) is 0 Å². The fourth-order valence-corrected chi connectivity index (χ4v) is 10.2. The van der Waals surface area contributed by atoms with Crippen molar-refractivity contribution in [1.82, 2.24) is 0 Å². The van der Waals surface area contributed by atoms with Crippen LogP contribution in [-0.2, 0) is 17.3 Å². The maximum absolute atomic E-state index is 3.88. The van der Waals surface area contributed by atoms with E-state index in [0.717, 1.165) is 18.5 Å². The molecule has 266 valence electrons. The van der Waals surface area contributed by atoms with Crippen LogP contribution in [0.15, 0.2) is 115 Å². The first-order chi connectivity index (χ1) is 25.9. The highest BCUT2D eigenvalue weighted by atomic mass is 15.2. The van der Waals surface area contributed by atoms with Gasteiger partial charge in [-0.1, -0.05) is 112 Å². The highest BCUT2D eigenvalue weighted by Gasteiger charge is 2.39. The van der Waals surface area contributed by atoms with Crippen LogP contribution in [0.25, 0.3) is 43.4 Å². The monoisotopic (exact) mass is 700 g/mol. The molecule has 0 fully saturated rings. The Morgan fingerprint density at radius 2 is 1.28 bits per heavy atom. The zero-order valence-corrected chi connectivity index (χ0v) is 32.8. The Bertz CT molecular complexity index is 2830. The summed E-state index contributed by atoms with van der Waals surface area (Å²) >= 11 is 0. The second-order valence-corrected chi connectivity index (χ2v) is 17.4. The van der Waals surface area contributed by atoms with Crippen LogP contribution in [0.5, 0.6) is 0 Å². The molecule has 0 atom stereocenters.